The Balaban J connectivity index is 0.000000810. The van der Waals surface area contributed by atoms with E-state index in [1.165, 1.54) is 12.3 Å². The van der Waals surface area contributed by atoms with Crippen molar-refractivity contribution in [2.75, 3.05) is 0 Å². The second-order valence-corrected chi connectivity index (χ2v) is 2.18. The molecule has 4 heteroatoms. The minimum atomic E-state index is -0.424. The molecule has 1 aromatic heterocycles. The normalized spacial score (nSPS) is 8.60. The highest BCUT2D eigenvalue weighted by molar-refractivity contribution is 9.08. The quantitative estimate of drug-likeness (QED) is 0.530. The van der Waals surface area contributed by atoms with Gasteiger partial charge in [0, 0.05) is 11.5 Å². The van der Waals surface area contributed by atoms with Crippen LogP contribution >= 0.6 is 28.3 Å². The summed E-state index contributed by atoms with van der Waals surface area (Å²) < 4.78 is 12.2. The zero-order chi connectivity index (χ0) is 6.69. The Morgan fingerprint density at radius 1 is 1.60 bits per heavy atom. The van der Waals surface area contributed by atoms with Crippen LogP contribution in [0.25, 0.3) is 0 Å². The number of alkyl halides is 1. The first-order valence-corrected chi connectivity index (χ1v) is 3.61. The van der Waals surface area contributed by atoms with Crippen molar-refractivity contribution in [1.82, 2.24) is 4.98 Å². The van der Waals surface area contributed by atoms with Crippen LogP contribution in [0.1, 0.15) is 5.56 Å². The SMILES string of the molecule is Cl.Fc1cc(CBr)ccn1. The fraction of sp³-hybridized carbons (Fsp3) is 0.167. The van der Waals surface area contributed by atoms with Crippen LogP contribution in [0.2, 0.25) is 0 Å². The van der Waals surface area contributed by atoms with E-state index >= 15 is 0 Å². The average molecular weight is 226 g/mol. The van der Waals surface area contributed by atoms with Crippen molar-refractivity contribution in [2.24, 2.45) is 0 Å². The molecule has 0 spiro atoms. The van der Waals surface area contributed by atoms with Crippen molar-refractivity contribution in [2.45, 2.75) is 5.33 Å². The van der Waals surface area contributed by atoms with Gasteiger partial charge >= 0.3 is 0 Å². The number of rotatable bonds is 1. The van der Waals surface area contributed by atoms with E-state index in [2.05, 4.69) is 20.9 Å². The fourth-order valence-electron chi connectivity index (χ4n) is 0.526. The van der Waals surface area contributed by atoms with Crippen LogP contribution in [0.3, 0.4) is 0 Å². The van der Waals surface area contributed by atoms with Crippen molar-refractivity contribution < 1.29 is 4.39 Å². The Bertz CT molecular complexity index is 207. The number of halogens is 3. The summed E-state index contributed by atoms with van der Waals surface area (Å²) in [6, 6.07) is 3.16. The van der Waals surface area contributed by atoms with Crippen LogP contribution in [0.5, 0.6) is 0 Å². The monoisotopic (exact) mass is 225 g/mol. The molecule has 0 unspecified atom stereocenters. The smallest absolute Gasteiger partial charge is 0.213 e. The van der Waals surface area contributed by atoms with Crippen molar-refractivity contribution in [3.8, 4) is 0 Å². The molecule has 56 valence electrons. The molecule has 0 atom stereocenters. The lowest BCUT2D eigenvalue weighted by Gasteiger charge is -1.90. The number of hydrogen-bond acceptors (Lipinski definition) is 1. The summed E-state index contributed by atoms with van der Waals surface area (Å²) in [4.78, 5) is 3.40. The zero-order valence-electron chi connectivity index (χ0n) is 5.05. The predicted molar refractivity (Wildman–Crippen MR) is 44.1 cm³/mol. The van der Waals surface area contributed by atoms with Gasteiger partial charge in [-0.2, -0.15) is 4.39 Å². The molecule has 0 saturated heterocycles. The second kappa shape index (κ2) is 4.63. The number of hydrogen-bond donors (Lipinski definition) is 0. The molecule has 10 heavy (non-hydrogen) atoms. The van der Waals surface area contributed by atoms with Crippen LogP contribution in [0.4, 0.5) is 4.39 Å². The van der Waals surface area contributed by atoms with Gasteiger partial charge in [0.05, 0.1) is 0 Å². The summed E-state index contributed by atoms with van der Waals surface area (Å²) >= 11 is 3.20. The standard InChI is InChI=1S/C6H5BrFN.ClH/c7-4-5-1-2-9-6(8)3-5;/h1-3H,4H2;1H. The van der Waals surface area contributed by atoms with E-state index in [9.17, 15) is 4.39 Å². The van der Waals surface area contributed by atoms with Crippen LogP contribution in [0, 0.1) is 5.95 Å². The first-order chi connectivity index (χ1) is 4.33. The lowest BCUT2D eigenvalue weighted by atomic mass is 10.3. The average Bonchev–Trinajstić information content (AvgIpc) is 1.88. The van der Waals surface area contributed by atoms with E-state index in [-0.39, 0.29) is 12.4 Å². The minimum Gasteiger partial charge on any atom is -0.228 e. The van der Waals surface area contributed by atoms with Crippen molar-refractivity contribution in [3.63, 3.8) is 0 Å². The van der Waals surface area contributed by atoms with Crippen LogP contribution in [0.15, 0.2) is 18.3 Å². The van der Waals surface area contributed by atoms with Gasteiger partial charge < -0.3 is 0 Å². The van der Waals surface area contributed by atoms with Crippen LogP contribution < -0.4 is 0 Å². The summed E-state index contributed by atoms with van der Waals surface area (Å²) in [6.07, 6.45) is 1.45. The van der Waals surface area contributed by atoms with E-state index in [0.717, 1.165) is 5.56 Å². The number of nitrogens with zero attached hydrogens (tertiary/aromatic N) is 1. The molecule has 0 bridgehead atoms. The van der Waals surface area contributed by atoms with Gasteiger partial charge in [-0.3, -0.25) is 0 Å². The molecule has 1 aromatic rings. The Kier molecular flexibility index (Phi) is 4.56. The summed E-state index contributed by atoms with van der Waals surface area (Å²) in [5.74, 6) is -0.424. The highest BCUT2D eigenvalue weighted by Crippen LogP contribution is 2.04. The third-order valence-corrected chi connectivity index (χ3v) is 1.59. The van der Waals surface area contributed by atoms with E-state index < -0.39 is 5.95 Å². The Morgan fingerprint density at radius 2 is 2.30 bits per heavy atom. The lowest BCUT2D eigenvalue weighted by molar-refractivity contribution is 0.582. The molecule has 0 aliphatic rings. The highest BCUT2D eigenvalue weighted by atomic mass is 79.9. The Labute approximate surface area is 73.2 Å². The van der Waals surface area contributed by atoms with Gasteiger partial charge in [0.2, 0.25) is 5.95 Å². The molecular weight excluding hydrogens is 220 g/mol. The van der Waals surface area contributed by atoms with Crippen LogP contribution in [-0.4, -0.2) is 4.98 Å². The Hall–Kier alpha value is -0.150. The number of aromatic nitrogens is 1. The van der Waals surface area contributed by atoms with Gasteiger partial charge in [-0.25, -0.2) is 4.98 Å². The summed E-state index contributed by atoms with van der Waals surface area (Å²) in [5, 5.41) is 0.673. The van der Waals surface area contributed by atoms with Crippen LogP contribution in [-0.2, 0) is 5.33 Å². The molecule has 0 aliphatic carbocycles. The zero-order valence-corrected chi connectivity index (χ0v) is 7.45. The minimum absolute atomic E-state index is 0. The van der Waals surface area contributed by atoms with Gasteiger partial charge in [-0.1, -0.05) is 15.9 Å². The molecule has 0 N–H and O–H groups in total. The predicted octanol–water partition coefficient (Wildman–Crippen LogP) is 2.54. The van der Waals surface area contributed by atoms with E-state index in [0.29, 0.717) is 5.33 Å². The maximum absolute atomic E-state index is 12.2. The maximum Gasteiger partial charge on any atom is 0.213 e. The summed E-state index contributed by atoms with van der Waals surface area (Å²) in [7, 11) is 0. The van der Waals surface area contributed by atoms with E-state index in [1.807, 2.05) is 0 Å². The van der Waals surface area contributed by atoms with Gasteiger partial charge in [-0.15, -0.1) is 12.4 Å². The largest absolute Gasteiger partial charge is 0.228 e. The fourth-order valence-corrected chi connectivity index (χ4v) is 0.874. The molecule has 1 heterocycles. The molecule has 0 saturated carbocycles. The molecule has 0 aliphatic heterocycles. The maximum atomic E-state index is 12.2. The van der Waals surface area contributed by atoms with E-state index in [1.54, 1.807) is 6.07 Å². The molecular formula is C6H6BrClFN. The first-order valence-electron chi connectivity index (χ1n) is 2.49. The summed E-state index contributed by atoms with van der Waals surface area (Å²) in [5.41, 5.74) is 0.905. The molecule has 1 nitrogen and oxygen atoms in total. The molecule has 0 fully saturated rings. The molecule has 0 radical (unpaired) electrons. The van der Waals surface area contributed by atoms with Gasteiger partial charge in [0.25, 0.3) is 0 Å². The molecule has 0 aromatic carbocycles. The van der Waals surface area contributed by atoms with Gasteiger partial charge in [-0.05, 0) is 17.7 Å². The highest BCUT2D eigenvalue weighted by Gasteiger charge is 1.91. The number of pyridine rings is 1. The Morgan fingerprint density at radius 3 is 2.70 bits per heavy atom. The third kappa shape index (κ3) is 2.62. The van der Waals surface area contributed by atoms with E-state index in [4.69, 9.17) is 0 Å². The van der Waals surface area contributed by atoms with Crippen molar-refractivity contribution in [3.05, 3.63) is 29.8 Å². The van der Waals surface area contributed by atoms with Gasteiger partial charge in [0.1, 0.15) is 0 Å². The topological polar surface area (TPSA) is 12.9 Å². The lowest BCUT2D eigenvalue weighted by Crippen LogP contribution is -1.83. The van der Waals surface area contributed by atoms with Gasteiger partial charge in [0.15, 0.2) is 0 Å². The van der Waals surface area contributed by atoms with Crippen molar-refractivity contribution in [1.29, 1.82) is 0 Å². The second-order valence-electron chi connectivity index (χ2n) is 1.62. The summed E-state index contributed by atoms with van der Waals surface area (Å²) in [6.45, 7) is 0. The molecule has 0 amide bonds. The van der Waals surface area contributed by atoms with Crippen molar-refractivity contribution >= 4 is 28.3 Å². The first kappa shape index (κ1) is 9.85. The molecule has 1 rings (SSSR count). The third-order valence-electron chi connectivity index (χ3n) is 0.945.